The average Bonchev–Trinajstić information content (AvgIpc) is 3.25. The topological polar surface area (TPSA) is 69.2 Å². The lowest BCUT2D eigenvalue weighted by atomic mass is 10.1. The normalized spacial score (nSPS) is 15.6. The van der Waals surface area contributed by atoms with E-state index in [2.05, 4.69) is 10.2 Å². The van der Waals surface area contributed by atoms with Crippen molar-refractivity contribution < 1.29 is 9.90 Å². The molecule has 6 heteroatoms. The van der Waals surface area contributed by atoms with Crippen LogP contribution in [-0.2, 0) is 0 Å². The molecule has 2 aromatic rings. The highest BCUT2D eigenvalue weighted by atomic mass is 35.5. The van der Waals surface area contributed by atoms with Crippen molar-refractivity contribution in [2.24, 2.45) is 5.92 Å². The molecule has 22 heavy (non-hydrogen) atoms. The molecule has 1 aliphatic carbocycles. The summed E-state index contributed by atoms with van der Waals surface area (Å²) in [7, 11) is 1.69. The van der Waals surface area contributed by atoms with E-state index in [1.807, 2.05) is 18.2 Å². The molecule has 116 valence electrons. The number of aliphatic hydroxyl groups is 1. The number of benzene rings is 1. The van der Waals surface area contributed by atoms with Crippen molar-refractivity contribution in [3.05, 3.63) is 41.0 Å². The van der Waals surface area contributed by atoms with Gasteiger partial charge in [-0.25, -0.2) is 0 Å². The summed E-state index contributed by atoms with van der Waals surface area (Å²) in [4.78, 5) is 14.1. The van der Waals surface area contributed by atoms with E-state index in [1.54, 1.807) is 13.1 Å². The number of H-pyrrole nitrogens is 1. The molecular weight excluding hydrogens is 302 g/mol. The van der Waals surface area contributed by atoms with E-state index >= 15 is 0 Å². The number of aromatic amines is 1. The number of aromatic nitrogens is 2. The molecule has 2 N–H and O–H groups in total. The molecule has 1 saturated carbocycles. The Hall–Kier alpha value is -1.85. The van der Waals surface area contributed by atoms with E-state index in [-0.39, 0.29) is 5.91 Å². The Balaban J connectivity index is 1.81. The zero-order valence-electron chi connectivity index (χ0n) is 12.3. The maximum absolute atomic E-state index is 12.6. The zero-order valence-corrected chi connectivity index (χ0v) is 13.0. The second-order valence-electron chi connectivity index (χ2n) is 5.73. The number of likely N-dealkylation sites (N-methyl/N-ethyl adjacent to an activating group) is 1. The summed E-state index contributed by atoms with van der Waals surface area (Å²) in [6.07, 6.45) is 3.13. The summed E-state index contributed by atoms with van der Waals surface area (Å²) in [5.74, 6) is 0.158. The van der Waals surface area contributed by atoms with Crippen molar-refractivity contribution in [1.29, 1.82) is 0 Å². The van der Waals surface area contributed by atoms with Crippen LogP contribution in [0.2, 0.25) is 5.02 Å². The van der Waals surface area contributed by atoms with Gasteiger partial charge in [-0.05, 0) is 24.8 Å². The van der Waals surface area contributed by atoms with Crippen LogP contribution >= 0.6 is 11.6 Å². The molecule has 1 aliphatic rings. The van der Waals surface area contributed by atoms with E-state index in [0.29, 0.717) is 28.7 Å². The van der Waals surface area contributed by atoms with Crippen LogP contribution in [0.25, 0.3) is 11.3 Å². The molecule has 1 aromatic heterocycles. The Labute approximate surface area is 133 Å². The van der Waals surface area contributed by atoms with Crippen molar-refractivity contribution in [3.8, 4) is 11.3 Å². The summed E-state index contributed by atoms with van der Waals surface area (Å²) < 4.78 is 0. The molecule has 1 unspecified atom stereocenters. The fourth-order valence-electron chi connectivity index (χ4n) is 2.52. The van der Waals surface area contributed by atoms with E-state index < -0.39 is 6.10 Å². The van der Waals surface area contributed by atoms with Crippen LogP contribution in [0.15, 0.2) is 30.5 Å². The number of amides is 1. The Morgan fingerprint density at radius 3 is 2.91 bits per heavy atom. The summed E-state index contributed by atoms with van der Waals surface area (Å²) in [5.41, 5.74) is 1.79. The first-order valence-corrected chi connectivity index (χ1v) is 7.67. The predicted molar refractivity (Wildman–Crippen MR) is 84.7 cm³/mol. The fourth-order valence-corrected chi connectivity index (χ4v) is 2.75. The Kier molecular flexibility index (Phi) is 4.18. The third-order valence-electron chi connectivity index (χ3n) is 3.99. The van der Waals surface area contributed by atoms with Gasteiger partial charge in [0.15, 0.2) is 0 Å². The zero-order chi connectivity index (χ0) is 15.7. The first-order chi connectivity index (χ1) is 10.6. The van der Waals surface area contributed by atoms with Crippen molar-refractivity contribution in [1.82, 2.24) is 15.1 Å². The minimum absolute atomic E-state index is 0.177. The highest BCUT2D eigenvalue weighted by molar-refractivity contribution is 6.33. The van der Waals surface area contributed by atoms with Crippen molar-refractivity contribution in [2.45, 2.75) is 18.9 Å². The molecule has 1 fully saturated rings. The van der Waals surface area contributed by atoms with Crippen LogP contribution in [0.1, 0.15) is 23.2 Å². The number of carbonyl (C=O) groups is 1. The largest absolute Gasteiger partial charge is 0.391 e. The SMILES string of the molecule is CN(CC(O)C1CC1)C(=O)c1cn[nH]c1-c1ccccc1Cl. The highest BCUT2D eigenvalue weighted by Gasteiger charge is 2.31. The van der Waals surface area contributed by atoms with Crippen molar-refractivity contribution in [3.63, 3.8) is 0 Å². The van der Waals surface area contributed by atoms with Gasteiger partial charge in [-0.3, -0.25) is 9.89 Å². The molecular formula is C16H18ClN3O2. The van der Waals surface area contributed by atoms with Gasteiger partial charge in [0.05, 0.1) is 23.6 Å². The van der Waals surface area contributed by atoms with Gasteiger partial charge in [0.1, 0.15) is 0 Å². The van der Waals surface area contributed by atoms with Gasteiger partial charge < -0.3 is 10.0 Å². The average molecular weight is 320 g/mol. The standard InChI is InChI=1S/C16H18ClN3O2/c1-20(9-14(21)10-6-7-10)16(22)12-8-18-19-15(12)11-4-2-3-5-13(11)17/h2-5,8,10,14,21H,6-7,9H2,1H3,(H,18,19). The van der Waals surface area contributed by atoms with Gasteiger partial charge in [-0.1, -0.05) is 29.8 Å². The van der Waals surface area contributed by atoms with Crippen LogP contribution in [0.4, 0.5) is 0 Å². The summed E-state index contributed by atoms with van der Waals surface area (Å²) in [6, 6.07) is 7.30. The van der Waals surface area contributed by atoms with Crippen LogP contribution in [0.5, 0.6) is 0 Å². The lowest BCUT2D eigenvalue weighted by Crippen LogP contribution is -2.35. The number of hydrogen-bond acceptors (Lipinski definition) is 3. The number of carbonyl (C=O) groups excluding carboxylic acids is 1. The van der Waals surface area contributed by atoms with E-state index in [0.717, 1.165) is 18.4 Å². The monoisotopic (exact) mass is 319 g/mol. The maximum Gasteiger partial charge on any atom is 0.257 e. The molecule has 0 aliphatic heterocycles. The van der Waals surface area contributed by atoms with Crippen molar-refractivity contribution >= 4 is 17.5 Å². The Bertz CT molecular complexity index is 682. The number of rotatable bonds is 5. The van der Waals surface area contributed by atoms with E-state index in [4.69, 9.17) is 11.6 Å². The quantitative estimate of drug-likeness (QED) is 0.890. The smallest absolute Gasteiger partial charge is 0.257 e. The molecule has 0 saturated heterocycles. The molecule has 1 heterocycles. The van der Waals surface area contributed by atoms with Crippen LogP contribution in [0, 0.1) is 5.92 Å². The number of nitrogens with one attached hydrogen (secondary N) is 1. The molecule has 5 nitrogen and oxygen atoms in total. The van der Waals surface area contributed by atoms with Crippen LogP contribution < -0.4 is 0 Å². The number of nitrogens with zero attached hydrogens (tertiary/aromatic N) is 2. The van der Waals surface area contributed by atoms with Gasteiger partial charge in [-0.2, -0.15) is 5.10 Å². The molecule has 0 spiro atoms. The molecule has 0 radical (unpaired) electrons. The molecule has 3 rings (SSSR count). The van der Waals surface area contributed by atoms with E-state index in [9.17, 15) is 9.90 Å². The lowest BCUT2D eigenvalue weighted by Gasteiger charge is -2.20. The number of hydrogen-bond donors (Lipinski definition) is 2. The molecule has 1 aromatic carbocycles. The lowest BCUT2D eigenvalue weighted by molar-refractivity contribution is 0.0646. The molecule has 1 atom stereocenters. The third-order valence-corrected chi connectivity index (χ3v) is 4.32. The fraction of sp³-hybridized carbons (Fsp3) is 0.375. The highest BCUT2D eigenvalue weighted by Crippen LogP contribution is 2.33. The van der Waals surface area contributed by atoms with Gasteiger partial charge >= 0.3 is 0 Å². The van der Waals surface area contributed by atoms with Gasteiger partial charge in [0.25, 0.3) is 5.91 Å². The second kappa shape index (κ2) is 6.10. The first-order valence-electron chi connectivity index (χ1n) is 7.29. The van der Waals surface area contributed by atoms with Crippen molar-refractivity contribution in [2.75, 3.05) is 13.6 Å². The molecule has 1 amide bonds. The van der Waals surface area contributed by atoms with Gasteiger partial charge in [0.2, 0.25) is 0 Å². The summed E-state index contributed by atoms with van der Waals surface area (Å²) in [6.45, 7) is 0.330. The van der Waals surface area contributed by atoms with Crippen LogP contribution in [0.3, 0.4) is 0 Å². The van der Waals surface area contributed by atoms with E-state index in [1.165, 1.54) is 11.1 Å². The van der Waals surface area contributed by atoms with Gasteiger partial charge in [0, 0.05) is 24.2 Å². The predicted octanol–water partition coefficient (Wildman–Crippen LogP) is 2.57. The Morgan fingerprint density at radius 2 is 2.23 bits per heavy atom. The third kappa shape index (κ3) is 3.00. The number of halogens is 1. The molecule has 0 bridgehead atoms. The van der Waals surface area contributed by atoms with Crippen LogP contribution in [-0.4, -0.2) is 45.8 Å². The second-order valence-corrected chi connectivity index (χ2v) is 6.14. The Morgan fingerprint density at radius 1 is 1.50 bits per heavy atom. The first kappa shape index (κ1) is 15.1. The summed E-state index contributed by atoms with van der Waals surface area (Å²) >= 11 is 6.19. The number of aliphatic hydroxyl groups excluding tert-OH is 1. The summed E-state index contributed by atoms with van der Waals surface area (Å²) in [5, 5.41) is 17.4. The minimum Gasteiger partial charge on any atom is -0.391 e. The van der Waals surface area contributed by atoms with Gasteiger partial charge in [-0.15, -0.1) is 0 Å². The maximum atomic E-state index is 12.6. The minimum atomic E-state index is -0.454.